The second kappa shape index (κ2) is 10.9. The first-order valence-corrected chi connectivity index (χ1v) is 11.2. The lowest BCUT2D eigenvalue weighted by Crippen LogP contribution is -2.28. The van der Waals surface area contributed by atoms with E-state index in [2.05, 4.69) is 72.8 Å². The standard InChI is InChI=1S/C30H30O2/c31-21-27(23-13-5-1-6-14-23)29(25-17-9-3-10-18-25)30(26-19-11-4-12-20-26)28(22-32)24-15-7-2-8-16-24/h1-20,27-32H,21-22H2/t27-,28-,29-,30-/m1/s1. The molecule has 4 aromatic rings. The Morgan fingerprint density at radius 1 is 0.375 bits per heavy atom. The van der Waals surface area contributed by atoms with E-state index in [4.69, 9.17) is 0 Å². The monoisotopic (exact) mass is 422 g/mol. The van der Waals surface area contributed by atoms with Gasteiger partial charge in [-0.2, -0.15) is 0 Å². The lowest BCUT2D eigenvalue weighted by Gasteiger charge is -2.38. The summed E-state index contributed by atoms with van der Waals surface area (Å²) >= 11 is 0. The minimum Gasteiger partial charge on any atom is -0.396 e. The highest BCUT2D eigenvalue weighted by atomic mass is 16.3. The highest BCUT2D eigenvalue weighted by molar-refractivity contribution is 5.38. The molecule has 2 nitrogen and oxygen atoms in total. The molecular formula is C30H30O2. The normalized spacial score (nSPS) is 14.9. The number of hydrogen-bond donors (Lipinski definition) is 2. The predicted molar refractivity (Wildman–Crippen MR) is 131 cm³/mol. The van der Waals surface area contributed by atoms with E-state index >= 15 is 0 Å². The van der Waals surface area contributed by atoms with Crippen molar-refractivity contribution in [2.75, 3.05) is 13.2 Å². The van der Waals surface area contributed by atoms with E-state index in [0.29, 0.717) is 0 Å². The topological polar surface area (TPSA) is 40.5 Å². The third-order valence-corrected chi connectivity index (χ3v) is 6.47. The molecule has 0 aliphatic heterocycles. The highest BCUT2D eigenvalue weighted by Gasteiger charge is 2.37. The SMILES string of the molecule is OC[C@H](c1ccccc1)[C@@H](c1ccccc1)[C@H](c1ccccc1)[C@H](CO)c1ccccc1. The van der Waals surface area contributed by atoms with Crippen LogP contribution in [0.4, 0.5) is 0 Å². The summed E-state index contributed by atoms with van der Waals surface area (Å²) in [6, 6.07) is 41.3. The van der Waals surface area contributed by atoms with Crippen molar-refractivity contribution in [1.29, 1.82) is 0 Å². The fraction of sp³-hybridized carbons (Fsp3) is 0.200. The van der Waals surface area contributed by atoms with Gasteiger partial charge >= 0.3 is 0 Å². The fourth-order valence-corrected chi connectivity index (χ4v) is 4.98. The molecule has 0 radical (unpaired) electrons. The minimum atomic E-state index is -0.110. The number of aliphatic hydroxyl groups excluding tert-OH is 2. The van der Waals surface area contributed by atoms with Gasteiger partial charge in [-0.25, -0.2) is 0 Å². The van der Waals surface area contributed by atoms with Gasteiger partial charge in [-0.3, -0.25) is 0 Å². The van der Waals surface area contributed by atoms with Crippen LogP contribution in [-0.4, -0.2) is 23.4 Å². The number of aliphatic hydroxyl groups is 2. The lowest BCUT2D eigenvalue weighted by atomic mass is 9.66. The van der Waals surface area contributed by atoms with Gasteiger partial charge in [0.25, 0.3) is 0 Å². The molecule has 0 spiro atoms. The Balaban J connectivity index is 1.92. The summed E-state index contributed by atoms with van der Waals surface area (Å²) in [5.41, 5.74) is 4.54. The van der Waals surface area contributed by atoms with Gasteiger partial charge in [0.15, 0.2) is 0 Å². The second-order valence-electron chi connectivity index (χ2n) is 8.27. The van der Waals surface area contributed by atoms with Crippen LogP contribution in [0.15, 0.2) is 121 Å². The van der Waals surface area contributed by atoms with Gasteiger partial charge in [-0.1, -0.05) is 121 Å². The van der Waals surface area contributed by atoms with E-state index in [-0.39, 0.29) is 36.9 Å². The van der Waals surface area contributed by atoms with Crippen LogP contribution in [0.25, 0.3) is 0 Å². The quantitative estimate of drug-likeness (QED) is 0.342. The molecule has 0 saturated carbocycles. The van der Waals surface area contributed by atoms with Crippen LogP contribution in [0.1, 0.15) is 45.9 Å². The van der Waals surface area contributed by atoms with Crippen molar-refractivity contribution >= 4 is 0 Å². The molecule has 4 rings (SSSR count). The van der Waals surface area contributed by atoms with Crippen LogP contribution >= 0.6 is 0 Å². The van der Waals surface area contributed by atoms with Crippen LogP contribution < -0.4 is 0 Å². The maximum absolute atomic E-state index is 10.7. The van der Waals surface area contributed by atoms with E-state index in [0.717, 1.165) is 11.1 Å². The van der Waals surface area contributed by atoms with Gasteiger partial charge in [-0.15, -0.1) is 0 Å². The molecule has 4 aromatic carbocycles. The van der Waals surface area contributed by atoms with Gasteiger partial charge in [0.1, 0.15) is 0 Å². The predicted octanol–water partition coefficient (Wildman–Crippen LogP) is 6.11. The molecular weight excluding hydrogens is 392 g/mol. The molecule has 0 amide bonds. The van der Waals surface area contributed by atoms with Crippen molar-refractivity contribution in [2.24, 2.45) is 0 Å². The van der Waals surface area contributed by atoms with E-state index in [1.807, 2.05) is 48.5 Å². The first-order chi connectivity index (χ1) is 15.8. The van der Waals surface area contributed by atoms with Crippen LogP contribution in [0.3, 0.4) is 0 Å². The summed E-state index contributed by atoms with van der Waals surface area (Å²) in [7, 11) is 0. The van der Waals surface area contributed by atoms with Crippen molar-refractivity contribution in [3.8, 4) is 0 Å². The van der Waals surface area contributed by atoms with Crippen LogP contribution in [0.2, 0.25) is 0 Å². The minimum absolute atomic E-state index is 0.0247. The number of benzene rings is 4. The zero-order valence-corrected chi connectivity index (χ0v) is 18.2. The third-order valence-electron chi connectivity index (χ3n) is 6.47. The van der Waals surface area contributed by atoms with Crippen LogP contribution in [-0.2, 0) is 0 Å². The molecule has 0 aliphatic rings. The Bertz CT molecular complexity index is 960. The van der Waals surface area contributed by atoms with Crippen molar-refractivity contribution in [1.82, 2.24) is 0 Å². The smallest absolute Gasteiger partial charge is 0.0505 e. The highest BCUT2D eigenvalue weighted by Crippen LogP contribution is 2.49. The molecule has 4 atom stereocenters. The summed E-state index contributed by atoms with van der Waals surface area (Å²) in [6.45, 7) is 0.0553. The molecule has 0 saturated heterocycles. The Morgan fingerprint density at radius 2 is 0.625 bits per heavy atom. The fourth-order valence-electron chi connectivity index (χ4n) is 4.98. The molecule has 2 N–H and O–H groups in total. The average Bonchev–Trinajstić information content (AvgIpc) is 2.88. The van der Waals surface area contributed by atoms with E-state index in [9.17, 15) is 10.2 Å². The first-order valence-electron chi connectivity index (χ1n) is 11.2. The van der Waals surface area contributed by atoms with Crippen molar-refractivity contribution in [2.45, 2.75) is 23.7 Å². The number of rotatable bonds is 9. The second-order valence-corrected chi connectivity index (χ2v) is 8.27. The van der Waals surface area contributed by atoms with Gasteiger partial charge in [-0.05, 0) is 22.3 Å². The summed E-state index contributed by atoms with van der Waals surface area (Å²) in [5.74, 6) is -0.269. The Kier molecular flexibility index (Phi) is 7.50. The molecule has 0 bridgehead atoms. The third kappa shape index (κ3) is 4.83. The molecule has 0 aromatic heterocycles. The lowest BCUT2D eigenvalue weighted by molar-refractivity contribution is 0.202. The number of hydrogen-bond acceptors (Lipinski definition) is 2. The summed E-state index contributed by atoms with van der Waals surface area (Å²) in [4.78, 5) is 0. The van der Waals surface area contributed by atoms with E-state index in [1.165, 1.54) is 11.1 Å². The van der Waals surface area contributed by atoms with Gasteiger partial charge < -0.3 is 10.2 Å². The zero-order chi connectivity index (χ0) is 22.2. The van der Waals surface area contributed by atoms with Crippen LogP contribution in [0, 0.1) is 0 Å². The maximum Gasteiger partial charge on any atom is 0.0505 e. The maximum atomic E-state index is 10.7. The van der Waals surface area contributed by atoms with Gasteiger partial charge in [0, 0.05) is 23.7 Å². The van der Waals surface area contributed by atoms with Crippen molar-refractivity contribution in [3.63, 3.8) is 0 Å². The largest absolute Gasteiger partial charge is 0.396 e. The van der Waals surface area contributed by atoms with Gasteiger partial charge in [0.05, 0.1) is 13.2 Å². The zero-order valence-electron chi connectivity index (χ0n) is 18.2. The van der Waals surface area contributed by atoms with Crippen molar-refractivity contribution in [3.05, 3.63) is 144 Å². The molecule has 0 aliphatic carbocycles. The molecule has 2 heteroatoms. The summed E-state index contributed by atoms with van der Waals surface area (Å²) < 4.78 is 0. The van der Waals surface area contributed by atoms with Crippen LogP contribution in [0.5, 0.6) is 0 Å². The molecule has 162 valence electrons. The Hall–Kier alpha value is -3.20. The summed E-state index contributed by atoms with van der Waals surface area (Å²) in [5, 5.41) is 21.3. The van der Waals surface area contributed by atoms with E-state index < -0.39 is 0 Å². The average molecular weight is 423 g/mol. The molecule has 0 unspecified atom stereocenters. The Labute approximate surface area is 190 Å². The van der Waals surface area contributed by atoms with Gasteiger partial charge in [0.2, 0.25) is 0 Å². The Morgan fingerprint density at radius 3 is 0.875 bits per heavy atom. The molecule has 0 heterocycles. The first kappa shape index (κ1) is 22.0. The van der Waals surface area contributed by atoms with E-state index in [1.54, 1.807) is 0 Å². The van der Waals surface area contributed by atoms with Crippen molar-refractivity contribution < 1.29 is 10.2 Å². The molecule has 32 heavy (non-hydrogen) atoms. The molecule has 0 fully saturated rings. The summed E-state index contributed by atoms with van der Waals surface area (Å²) in [6.07, 6.45) is 0.